The summed E-state index contributed by atoms with van der Waals surface area (Å²) in [4.78, 5) is 27.4. The minimum absolute atomic E-state index is 0.141. The summed E-state index contributed by atoms with van der Waals surface area (Å²) in [6.45, 7) is 5.67. The number of thiazole rings is 1. The molecule has 4 heterocycles. The molecule has 1 aliphatic rings. The number of nitrogen functional groups attached to an aromatic ring is 1. The molecule has 40 heavy (non-hydrogen) atoms. The first-order valence-corrected chi connectivity index (χ1v) is 13.5. The number of aromatic nitrogens is 5. The minimum atomic E-state index is -1.19. The van der Waals surface area contributed by atoms with Gasteiger partial charge in [-0.3, -0.25) is 9.48 Å². The van der Waals surface area contributed by atoms with Crippen molar-refractivity contribution >= 4 is 39.8 Å². The second-order valence-electron chi connectivity index (χ2n) is 10.7. The molecule has 2 aromatic carbocycles. The Kier molecular flexibility index (Phi) is 5.89. The Labute approximate surface area is 233 Å². The lowest BCUT2D eigenvalue weighted by Crippen LogP contribution is -2.33. The van der Waals surface area contributed by atoms with Gasteiger partial charge in [0.25, 0.3) is 0 Å². The average molecular weight is 553 g/mol. The lowest BCUT2D eigenvalue weighted by atomic mass is 9.85. The van der Waals surface area contributed by atoms with Crippen LogP contribution in [0.15, 0.2) is 53.9 Å². The van der Waals surface area contributed by atoms with Crippen LogP contribution < -0.4 is 11.1 Å². The summed E-state index contributed by atoms with van der Waals surface area (Å²) in [5.41, 5.74) is 7.69. The highest BCUT2D eigenvalue weighted by Crippen LogP contribution is 2.46. The summed E-state index contributed by atoms with van der Waals surface area (Å²) < 4.78 is 16.1. The normalized spacial score (nSPS) is 16.6. The standard InChI is InChI=1S/C29H25FN8OS/c1-28(2,15-31)12-17-14-40-27(33-17)29(3)21-23(32)34-25(35-24(21)36-26(29)39)22-18-9-5-7-11-20(18)38(37-22)13-16-8-4-6-10-19(16)30/h4-11,14H,12-13H2,1-3H3,(H3,32,34,35,36,39)/t29-/m0/s1. The number of anilines is 2. The number of benzene rings is 2. The van der Waals surface area contributed by atoms with E-state index in [1.54, 1.807) is 29.8 Å². The monoisotopic (exact) mass is 552 g/mol. The quantitative estimate of drug-likeness (QED) is 0.300. The van der Waals surface area contributed by atoms with E-state index in [2.05, 4.69) is 21.4 Å². The third-order valence-corrected chi connectivity index (χ3v) is 8.29. The molecule has 0 fully saturated rings. The number of amides is 1. The molecule has 1 aliphatic heterocycles. The highest BCUT2D eigenvalue weighted by molar-refractivity contribution is 7.10. The number of rotatable bonds is 6. The number of nitrogens with zero attached hydrogens (tertiary/aromatic N) is 6. The van der Waals surface area contributed by atoms with Crippen LogP contribution in [0.3, 0.4) is 0 Å². The van der Waals surface area contributed by atoms with Crippen molar-refractivity contribution in [3.63, 3.8) is 0 Å². The molecule has 3 aromatic heterocycles. The number of halogens is 1. The molecular weight excluding hydrogens is 527 g/mol. The maximum atomic E-state index is 14.4. The Morgan fingerprint density at radius 3 is 2.67 bits per heavy atom. The lowest BCUT2D eigenvalue weighted by molar-refractivity contribution is -0.119. The van der Waals surface area contributed by atoms with Crippen molar-refractivity contribution < 1.29 is 9.18 Å². The van der Waals surface area contributed by atoms with E-state index in [1.807, 2.05) is 43.5 Å². The second-order valence-corrected chi connectivity index (χ2v) is 11.5. The number of nitrogens with two attached hydrogens (primary N) is 1. The fourth-order valence-corrected chi connectivity index (χ4v) is 6.01. The molecular formula is C29H25FN8OS. The second kappa shape index (κ2) is 9.20. The fourth-order valence-electron chi connectivity index (χ4n) is 5.03. The Morgan fingerprint density at radius 2 is 1.90 bits per heavy atom. The molecule has 9 nitrogen and oxygen atoms in total. The minimum Gasteiger partial charge on any atom is -0.383 e. The van der Waals surface area contributed by atoms with Crippen molar-refractivity contribution in [2.45, 2.75) is 39.2 Å². The zero-order chi connectivity index (χ0) is 28.2. The molecule has 0 spiro atoms. The van der Waals surface area contributed by atoms with E-state index in [-0.39, 0.29) is 29.9 Å². The van der Waals surface area contributed by atoms with Crippen LogP contribution in [0.25, 0.3) is 22.4 Å². The summed E-state index contributed by atoms with van der Waals surface area (Å²) in [6, 6.07) is 16.4. The number of para-hydroxylation sites is 1. The first kappa shape index (κ1) is 25.6. The Bertz CT molecular complexity index is 1850. The molecule has 11 heteroatoms. The van der Waals surface area contributed by atoms with Crippen LogP contribution in [-0.2, 0) is 23.2 Å². The van der Waals surface area contributed by atoms with Crippen molar-refractivity contribution in [1.29, 1.82) is 5.26 Å². The SMILES string of the molecule is CC(C)(C#N)Cc1csc([C@]2(C)C(=O)Nc3nc(-c4nn(Cc5ccccc5F)c5ccccc45)nc(N)c32)n1. The molecule has 5 aromatic rings. The van der Waals surface area contributed by atoms with Crippen LogP contribution in [0, 0.1) is 22.6 Å². The van der Waals surface area contributed by atoms with Crippen molar-refractivity contribution in [3.8, 4) is 17.6 Å². The van der Waals surface area contributed by atoms with Crippen LogP contribution in [-0.4, -0.2) is 30.6 Å². The van der Waals surface area contributed by atoms with Crippen LogP contribution in [0.2, 0.25) is 0 Å². The molecule has 3 N–H and O–H groups in total. The maximum absolute atomic E-state index is 14.4. The van der Waals surface area contributed by atoms with E-state index < -0.39 is 10.8 Å². The number of carbonyl (C=O) groups is 1. The molecule has 0 unspecified atom stereocenters. The molecule has 0 aliphatic carbocycles. The van der Waals surface area contributed by atoms with Gasteiger partial charge in [0.15, 0.2) is 5.82 Å². The molecule has 0 saturated carbocycles. The van der Waals surface area contributed by atoms with Crippen LogP contribution in [0.1, 0.15) is 42.6 Å². The van der Waals surface area contributed by atoms with E-state index in [1.165, 1.54) is 17.4 Å². The fraction of sp³-hybridized carbons (Fsp3) is 0.241. The Morgan fingerprint density at radius 1 is 1.15 bits per heavy atom. The first-order chi connectivity index (χ1) is 19.1. The Hall–Kier alpha value is -4.69. The first-order valence-electron chi connectivity index (χ1n) is 12.7. The van der Waals surface area contributed by atoms with E-state index in [9.17, 15) is 14.4 Å². The van der Waals surface area contributed by atoms with E-state index in [0.29, 0.717) is 34.1 Å². The topological polar surface area (TPSA) is 135 Å². The van der Waals surface area contributed by atoms with Gasteiger partial charge in [-0.25, -0.2) is 19.3 Å². The van der Waals surface area contributed by atoms with Gasteiger partial charge < -0.3 is 11.1 Å². The van der Waals surface area contributed by atoms with Gasteiger partial charge in [0.2, 0.25) is 5.91 Å². The summed E-state index contributed by atoms with van der Waals surface area (Å²) in [6.07, 6.45) is 0.456. The van der Waals surface area contributed by atoms with Crippen molar-refractivity contribution in [2.24, 2.45) is 5.41 Å². The zero-order valence-electron chi connectivity index (χ0n) is 22.1. The molecule has 0 saturated heterocycles. The number of carbonyl (C=O) groups excluding carboxylic acids is 1. The number of hydrogen-bond acceptors (Lipinski definition) is 8. The largest absolute Gasteiger partial charge is 0.383 e. The van der Waals surface area contributed by atoms with Gasteiger partial charge in [-0.1, -0.05) is 36.4 Å². The Balaban J connectivity index is 1.42. The third-order valence-electron chi connectivity index (χ3n) is 7.18. The lowest BCUT2D eigenvalue weighted by Gasteiger charge is -2.20. The molecule has 0 bridgehead atoms. The summed E-state index contributed by atoms with van der Waals surface area (Å²) in [7, 11) is 0. The molecule has 6 rings (SSSR count). The number of fused-ring (bicyclic) bond motifs is 2. The van der Waals surface area contributed by atoms with Crippen LogP contribution in [0.5, 0.6) is 0 Å². The van der Waals surface area contributed by atoms with Crippen molar-refractivity contribution in [2.75, 3.05) is 11.1 Å². The van der Waals surface area contributed by atoms with Crippen LogP contribution >= 0.6 is 11.3 Å². The zero-order valence-corrected chi connectivity index (χ0v) is 22.9. The highest BCUT2D eigenvalue weighted by Gasteiger charge is 2.50. The van der Waals surface area contributed by atoms with Crippen LogP contribution in [0.4, 0.5) is 16.0 Å². The summed E-state index contributed by atoms with van der Waals surface area (Å²) >= 11 is 1.34. The molecule has 1 amide bonds. The van der Waals surface area contributed by atoms with E-state index >= 15 is 0 Å². The van der Waals surface area contributed by atoms with Gasteiger partial charge in [0.05, 0.1) is 34.8 Å². The van der Waals surface area contributed by atoms with Gasteiger partial charge in [0, 0.05) is 22.8 Å². The number of nitrogens with one attached hydrogen (secondary N) is 1. The summed E-state index contributed by atoms with van der Waals surface area (Å²) in [5.74, 6) is 0.0700. The molecule has 0 radical (unpaired) electrons. The van der Waals surface area contributed by atoms with Gasteiger partial charge in [0.1, 0.15) is 33.6 Å². The van der Waals surface area contributed by atoms with Gasteiger partial charge in [-0.15, -0.1) is 11.3 Å². The molecule has 1 atom stereocenters. The predicted molar refractivity (Wildman–Crippen MR) is 151 cm³/mol. The number of nitriles is 1. The molecule has 200 valence electrons. The van der Waals surface area contributed by atoms with Gasteiger partial charge >= 0.3 is 0 Å². The van der Waals surface area contributed by atoms with Crippen molar-refractivity contribution in [1.82, 2.24) is 24.7 Å². The van der Waals surface area contributed by atoms with Gasteiger partial charge in [-0.05, 0) is 32.9 Å². The van der Waals surface area contributed by atoms with E-state index in [0.717, 1.165) is 16.6 Å². The summed E-state index contributed by atoms with van der Waals surface area (Å²) in [5, 5.41) is 20.2. The smallest absolute Gasteiger partial charge is 0.243 e. The average Bonchev–Trinajstić information content (AvgIpc) is 3.61. The third kappa shape index (κ3) is 4.08. The maximum Gasteiger partial charge on any atom is 0.243 e. The van der Waals surface area contributed by atoms with E-state index in [4.69, 9.17) is 15.8 Å². The highest BCUT2D eigenvalue weighted by atomic mass is 32.1. The number of hydrogen-bond donors (Lipinski definition) is 2. The van der Waals surface area contributed by atoms with Crippen molar-refractivity contribution in [3.05, 3.63) is 81.6 Å². The van der Waals surface area contributed by atoms with Gasteiger partial charge in [-0.2, -0.15) is 10.4 Å². The predicted octanol–water partition coefficient (Wildman–Crippen LogP) is 5.07.